The molecule has 2 atom stereocenters. The second-order valence-corrected chi connectivity index (χ2v) is 9.15. The molecule has 3 aromatic rings. The highest BCUT2D eigenvalue weighted by atomic mass is 32.2. The highest BCUT2D eigenvalue weighted by Gasteiger charge is 2.28. The number of para-hydroxylation sites is 1. The third-order valence-corrected chi connectivity index (χ3v) is 6.97. The number of hydrogen-bond donors (Lipinski definition) is 1. The summed E-state index contributed by atoms with van der Waals surface area (Å²) < 4.78 is 2.09. The lowest BCUT2D eigenvalue weighted by Gasteiger charge is -2.32. The Morgan fingerprint density at radius 3 is 2.29 bits per heavy atom. The van der Waals surface area contributed by atoms with Gasteiger partial charge in [-0.15, -0.1) is 10.2 Å². The average Bonchev–Trinajstić information content (AvgIpc) is 3.23. The van der Waals surface area contributed by atoms with Gasteiger partial charge < -0.3 is 5.73 Å². The number of amides is 1. The number of nitrogens with zero attached hydrogens (tertiary/aromatic N) is 4. The molecule has 1 saturated heterocycles. The van der Waals surface area contributed by atoms with Crippen LogP contribution in [0.4, 0.5) is 0 Å². The van der Waals surface area contributed by atoms with Crippen LogP contribution in [0.3, 0.4) is 0 Å². The van der Waals surface area contributed by atoms with E-state index in [0.717, 1.165) is 30.2 Å². The number of carbonyl (C=O) groups is 1. The average molecular weight is 436 g/mol. The fraction of sp³-hybridized carbons (Fsp3) is 0.375. The van der Waals surface area contributed by atoms with E-state index < -0.39 is 5.25 Å². The zero-order valence-corrected chi connectivity index (χ0v) is 18.7. The molecule has 0 aliphatic carbocycles. The van der Waals surface area contributed by atoms with Crippen molar-refractivity contribution in [2.45, 2.75) is 49.1 Å². The first kappa shape index (κ1) is 21.6. The number of benzene rings is 2. The van der Waals surface area contributed by atoms with Gasteiger partial charge in [0.05, 0.1) is 11.3 Å². The summed E-state index contributed by atoms with van der Waals surface area (Å²) in [4.78, 5) is 14.7. The van der Waals surface area contributed by atoms with Crippen molar-refractivity contribution in [2.75, 3.05) is 13.1 Å². The van der Waals surface area contributed by atoms with Crippen LogP contribution in [0.5, 0.6) is 0 Å². The Labute approximate surface area is 187 Å². The van der Waals surface area contributed by atoms with E-state index in [1.54, 1.807) is 0 Å². The minimum atomic E-state index is -0.424. The third kappa shape index (κ3) is 5.17. The molecular weight excluding hydrogens is 406 g/mol. The summed E-state index contributed by atoms with van der Waals surface area (Å²) in [7, 11) is 0. The molecular formula is C24H29N5OS. The zero-order valence-electron chi connectivity index (χ0n) is 17.9. The van der Waals surface area contributed by atoms with Crippen LogP contribution in [-0.4, -0.2) is 43.9 Å². The second-order valence-electron chi connectivity index (χ2n) is 7.98. The molecule has 0 saturated carbocycles. The van der Waals surface area contributed by atoms with Crippen molar-refractivity contribution in [1.29, 1.82) is 0 Å². The summed E-state index contributed by atoms with van der Waals surface area (Å²) >= 11 is 1.39. The number of hydrogen-bond acceptors (Lipinski definition) is 5. The molecule has 7 heteroatoms. The highest BCUT2D eigenvalue weighted by Crippen LogP contribution is 2.32. The molecule has 1 amide bonds. The van der Waals surface area contributed by atoms with Gasteiger partial charge in [0.2, 0.25) is 5.91 Å². The fourth-order valence-electron chi connectivity index (χ4n) is 4.07. The van der Waals surface area contributed by atoms with Crippen molar-refractivity contribution in [3.63, 3.8) is 0 Å². The van der Waals surface area contributed by atoms with Crippen LogP contribution in [0, 0.1) is 0 Å². The number of carbonyl (C=O) groups excluding carboxylic acids is 1. The van der Waals surface area contributed by atoms with Crippen molar-refractivity contribution in [3.8, 4) is 5.69 Å². The van der Waals surface area contributed by atoms with Crippen molar-refractivity contribution in [1.82, 2.24) is 19.7 Å². The van der Waals surface area contributed by atoms with Gasteiger partial charge in [-0.2, -0.15) is 0 Å². The fourth-order valence-corrected chi connectivity index (χ4v) is 5.11. The van der Waals surface area contributed by atoms with Crippen LogP contribution in [0.15, 0.2) is 65.8 Å². The summed E-state index contributed by atoms with van der Waals surface area (Å²) in [6, 6.07) is 20.2. The number of nitrogens with two attached hydrogens (primary N) is 1. The van der Waals surface area contributed by atoms with E-state index in [1.807, 2.05) is 48.5 Å². The van der Waals surface area contributed by atoms with Gasteiger partial charge in [-0.05, 0) is 57.0 Å². The Morgan fingerprint density at radius 2 is 1.65 bits per heavy atom. The molecule has 4 rings (SSSR count). The molecule has 0 radical (unpaired) electrons. The second kappa shape index (κ2) is 10.1. The highest BCUT2D eigenvalue weighted by molar-refractivity contribution is 8.00. The Hall–Kier alpha value is -2.64. The smallest absolute Gasteiger partial charge is 0.231 e. The van der Waals surface area contributed by atoms with E-state index in [1.165, 1.54) is 31.0 Å². The van der Waals surface area contributed by atoms with Crippen molar-refractivity contribution in [2.24, 2.45) is 5.73 Å². The molecule has 162 valence electrons. The molecule has 31 heavy (non-hydrogen) atoms. The molecule has 1 aromatic heterocycles. The first-order valence-electron chi connectivity index (χ1n) is 10.9. The molecule has 2 N–H and O–H groups in total. The lowest BCUT2D eigenvalue weighted by Crippen LogP contribution is -2.33. The van der Waals surface area contributed by atoms with Gasteiger partial charge in [0.1, 0.15) is 0 Å². The molecule has 0 unspecified atom stereocenters. The molecule has 1 fully saturated rings. The summed E-state index contributed by atoms with van der Waals surface area (Å²) in [5, 5.41) is 9.37. The normalized spacial score (nSPS) is 16.7. The van der Waals surface area contributed by atoms with Gasteiger partial charge in [-0.25, -0.2) is 0 Å². The molecule has 0 bridgehead atoms. The number of thioether (sulfide) groups is 1. The number of rotatable bonds is 8. The number of likely N-dealkylation sites (tertiary alicyclic amines) is 1. The molecule has 0 spiro atoms. The zero-order chi connectivity index (χ0) is 21.6. The SMILES string of the molecule is C[C@@H](c1nnc(S[C@@H](Cc2ccccc2)C(N)=O)n1-c1ccccc1)N1CCCCC1. The Balaban J connectivity index is 1.66. The van der Waals surface area contributed by atoms with Crippen molar-refractivity contribution < 1.29 is 4.79 Å². The number of primary amides is 1. The maximum absolute atomic E-state index is 12.3. The summed E-state index contributed by atoms with van der Waals surface area (Å²) in [6.07, 6.45) is 4.27. The predicted octanol–water partition coefficient (Wildman–Crippen LogP) is 4.00. The maximum atomic E-state index is 12.3. The van der Waals surface area contributed by atoms with Crippen LogP contribution in [0.25, 0.3) is 5.69 Å². The standard InChI is InChI=1S/C24H29N5OS/c1-18(28-15-9-4-10-16-28)23-26-27-24(29(23)20-13-7-3-8-14-20)31-21(22(25)30)17-19-11-5-2-6-12-19/h2-3,5-8,11-14,18,21H,4,9-10,15-17H2,1H3,(H2,25,30)/t18-,21-/m0/s1. The lowest BCUT2D eigenvalue weighted by molar-refractivity contribution is -0.117. The number of aromatic nitrogens is 3. The lowest BCUT2D eigenvalue weighted by atomic mass is 10.1. The molecule has 6 nitrogen and oxygen atoms in total. The van der Waals surface area contributed by atoms with Crippen LogP contribution in [0.2, 0.25) is 0 Å². The summed E-state index contributed by atoms with van der Waals surface area (Å²) in [6.45, 7) is 4.34. The minimum absolute atomic E-state index is 0.142. The van der Waals surface area contributed by atoms with Gasteiger partial charge in [-0.1, -0.05) is 66.7 Å². The van der Waals surface area contributed by atoms with Crippen molar-refractivity contribution >= 4 is 17.7 Å². The first-order chi connectivity index (χ1) is 15.1. The molecule has 1 aliphatic heterocycles. The summed E-state index contributed by atoms with van der Waals surface area (Å²) in [5.41, 5.74) is 7.85. The van der Waals surface area contributed by atoms with Crippen LogP contribution in [-0.2, 0) is 11.2 Å². The van der Waals surface area contributed by atoms with Crippen LogP contribution >= 0.6 is 11.8 Å². The van der Waals surface area contributed by atoms with E-state index in [0.29, 0.717) is 11.6 Å². The van der Waals surface area contributed by atoms with Gasteiger partial charge in [0.25, 0.3) is 0 Å². The van der Waals surface area contributed by atoms with E-state index in [9.17, 15) is 4.79 Å². The topological polar surface area (TPSA) is 77.0 Å². The predicted molar refractivity (Wildman–Crippen MR) is 124 cm³/mol. The monoisotopic (exact) mass is 435 g/mol. The van der Waals surface area contributed by atoms with Crippen molar-refractivity contribution in [3.05, 3.63) is 72.1 Å². The maximum Gasteiger partial charge on any atom is 0.231 e. The van der Waals surface area contributed by atoms with Gasteiger partial charge in [0, 0.05) is 5.69 Å². The Kier molecular flexibility index (Phi) is 7.04. The largest absolute Gasteiger partial charge is 0.369 e. The molecule has 1 aliphatic rings. The Morgan fingerprint density at radius 1 is 1.00 bits per heavy atom. The molecule has 2 heterocycles. The third-order valence-electron chi connectivity index (χ3n) is 5.81. The molecule has 2 aromatic carbocycles. The van der Waals surface area contributed by atoms with Gasteiger partial charge >= 0.3 is 0 Å². The quantitative estimate of drug-likeness (QED) is 0.541. The van der Waals surface area contributed by atoms with E-state index >= 15 is 0 Å². The van der Waals surface area contributed by atoms with E-state index in [2.05, 4.69) is 38.7 Å². The van der Waals surface area contributed by atoms with Gasteiger partial charge in [0.15, 0.2) is 11.0 Å². The summed E-state index contributed by atoms with van der Waals surface area (Å²) in [5.74, 6) is 0.556. The van der Waals surface area contributed by atoms with Crippen LogP contribution < -0.4 is 5.73 Å². The van der Waals surface area contributed by atoms with E-state index in [-0.39, 0.29) is 11.9 Å². The van der Waals surface area contributed by atoms with Gasteiger partial charge in [-0.3, -0.25) is 14.3 Å². The Bertz CT molecular complexity index is 986. The van der Waals surface area contributed by atoms with Crippen LogP contribution in [0.1, 0.15) is 43.6 Å². The van der Waals surface area contributed by atoms with E-state index in [4.69, 9.17) is 5.73 Å². The number of piperidine rings is 1. The minimum Gasteiger partial charge on any atom is -0.369 e. The first-order valence-corrected chi connectivity index (χ1v) is 11.8.